The van der Waals surface area contributed by atoms with Gasteiger partial charge < -0.3 is 14.7 Å². The topological polar surface area (TPSA) is 52.6 Å². The zero-order chi connectivity index (χ0) is 22.1. The van der Waals surface area contributed by atoms with Crippen LogP contribution in [0.15, 0.2) is 48.5 Å². The van der Waals surface area contributed by atoms with Crippen molar-refractivity contribution in [2.75, 3.05) is 44.5 Å². The van der Waals surface area contributed by atoms with Crippen LogP contribution in [0.4, 0.5) is 15.9 Å². The molecule has 0 radical (unpaired) electrons. The molecule has 3 aromatic rings. The van der Waals surface area contributed by atoms with E-state index in [1.807, 2.05) is 67.2 Å². The van der Waals surface area contributed by atoms with Crippen molar-refractivity contribution in [2.24, 2.45) is 0 Å². The van der Waals surface area contributed by atoms with Gasteiger partial charge in [-0.2, -0.15) is 0 Å². The predicted molar refractivity (Wildman–Crippen MR) is 121 cm³/mol. The van der Waals surface area contributed by atoms with Crippen LogP contribution in [-0.2, 0) is 13.0 Å². The molecule has 31 heavy (non-hydrogen) atoms. The number of benzene rings is 2. The van der Waals surface area contributed by atoms with Gasteiger partial charge in [0.1, 0.15) is 11.6 Å². The fourth-order valence-corrected chi connectivity index (χ4v) is 3.80. The van der Waals surface area contributed by atoms with Crippen LogP contribution >= 0.6 is 0 Å². The Bertz CT molecular complexity index is 1130. The van der Waals surface area contributed by atoms with Crippen LogP contribution in [-0.4, -0.2) is 55.5 Å². The number of rotatable bonds is 4. The maximum absolute atomic E-state index is 13.7. The first-order valence-electron chi connectivity index (χ1n) is 10.2. The summed E-state index contributed by atoms with van der Waals surface area (Å²) < 4.78 is 13.7. The molecule has 2 aromatic carbocycles. The van der Waals surface area contributed by atoms with Crippen molar-refractivity contribution < 1.29 is 9.18 Å². The van der Waals surface area contributed by atoms with Crippen LogP contribution in [0.2, 0.25) is 0 Å². The molecule has 0 atom stereocenters. The Morgan fingerprint density at radius 3 is 2.48 bits per heavy atom. The molecule has 0 fully saturated rings. The number of amides is 1. The Hall–Kier alpha value is -3.48. The first kappa shape index (κ1) is 20.8. The summed E-state index contributed by atoms with van der Waals surface area (Å²) in [5.74, 6) is 0.930. The number of hydrogen-bond donors (Lipinski definition) is 0. The summed E-state index contributed by atoms with van der Waals surface area (Å²) in [6.07, 6.45) is 0.625. The standard InChI is InChI=1S/C24H26FN5O/c1-28(2)19-10-6-8-17(14-19)24(31)30-12-11-21-20(15-30)23(29(3)4)27-22(26-21)16-7-5-9-18(25)13-16/h5-10,13-14H,11-12,15H2,1-4H3. The lowest BCUT2D eigenvalue weighted by molar-refractivity contribution is 0.0733. The van der Waals surface area contributed by atoms with Gasteiger partial charge in [-0.1, -0.05) is 18.2 Å². The Balaban J connectivity index is 1.67. The second kappa shape index (κ2) is 8.34. The molecule has 7 heteroatoms. The molecule has 1 amide bonds. The van der Waals surface area contributed by atoms with Crippen LogP contribution in [0.25, 0.3) is 11.4 Å². The molecular formula is C24H26FN5O. The zero-order valence-corrected chi connectivity index (χ0v) is 18.3. The second-order valence-electron chi connectivity index (χ2n) is 8.12. The van der Waals surface area contributed by atoms with Crippen molar-refractivity contribution >= 4 is 17.4 Å². The van der Waals surface area contributed by atoms with Crippen LogP contribution in [0.1, 0.15) is 21.6 Å². The van der Waals surface area contributed by atoms with Crippen molar-refractivity contribution in [3.05, 3.63) is 71.2 Å². The highest BCUT2D eigenvalue weighted by molar-refractivity contribution is 5.95. The normalized spacial score (nSPS) is 13.0. The molecule has 0 N–H and O–H groups in total. The van der Waals surface area contributed by atoms with Crippen molar-refractivity contribution in [2.45, 2.75) is 13.0 Å². The highest BCUT2D eigenvalue weighted by Crippen LogP contribution is 2.30. The number of carbonyl (C=O) groups excluding carboxylic acids is 1. The molecule has 0 saturated carbocycles. The Labute approximate surface area is 182 Å². The average molecular weight is 420 g/mol. The van der Waals surface area contributed by atoms with Gasteiger partial charge in [0, 0.05) is 63.5 Å². The lowest BCUT2D eigenvalue weighted by Gasteiger charge is -2.31. The molecule has 0 saturated heterocycles. The van der Waals surface area contributed by atoms with Gasteiger partial charge in [-0.25, -0.2) is 14.4 Å². The molecule has 0 aliphatic carbocycles. The number of anilines is 2. The second-order valence-corrected chi connectivity index (χ2v) is 8.12. The molecule has 4 rings (SSSR count). The van der Waals surface area contributed by atoms with E-state index in [-0.39, 0.29) is 11.7 Å². The van der Waals surface area contributed by atoms with Crippen molar-refractivity contribution in [3.63, 3.8) is 0 Å². The van der Waals surface area contributed by atoms with Gasteiger partial charge in [0.15, 0.2) is 5.82 Å². The van der Waals surface area contributed by atoms with Gasteiger partial charge in [0.25, 0.3) is 5.91 Å². The smallest absolute Gasteiger partial charge is 0.254 e. The monoisotopic (exact) mass is 419 g/mol. The van der Waals surface area contributed by atoms with Crippen LogP contribution in [0.3, 0.4) is 0 Å². The first-order chi connectivity index (χ1) is 14.8. The lowest BCUT2D eigenvalue weighted by atomic mass is 10.0. The minimum Gasteiger partial charge on any atom is -0.378 e. The number of nitrogens with zero attached hydrogens (tertiary/aromatic N) is 5. The SMILES string of the molecule is CN(C)c1cccc(C(=O)N2CCc3nc(-c4cccc(F)c4)nc(N(C)C)c3C2)c1. The minimum absolute atomic E-state index is 0.00624. The van der Waals surface area contributed by atoms with E-state index in [2.05, 4.69) is 0 Å². The fourth-order valence-electron chi connectivity index (χ4n) is 3.80. The van der Waals surface area contributed by atoms with Gasteiger partial charge in [-0.05, 0) is 30.3 Å². The van der Waals surface area contributed by atoms with Crippen LogP contribution in [0, 0.1) is 5.82 Å². The summed E-state index contributed by atoms with van der Waals surface area (Å²) >= 11 is 0. The number of halogens is 1. The van der Waals surface area contributed by atoms with Gasteiger partial charge in [-0.15, -0.1) is 0 Å². The van der Waals surface area contributed by atoms with Crippen LogP contribution < -0.4 is 9.80 Å². The average Bonchev–Trinajstić information content (AvgIpc) is 2.77. The zero-order valence-electron chi connectivity index (χ0n) is 18.3. The third-order valence-corrected chi connectivity index (χ3v) is 5.44. The summed E-state index contributed by atoms with van der Waals surface area (Å²) in [6.45, 7) is 1.02. The van der Waals surface area contributed by atoms with E-state index in [0.717, 1.165) is 22.8 Å². The Morgan fingerprint density at radius 1 is 1.00 bits per heavy atom. The summed E-state index contributed by atoms with van der Waals surface area (Å²) in [5, 5.41) is 0. The summed E-state index contributed by atoms with van der Waals surface area (Å²) in [6, 6.07) is 14.0. The number of carbonyl (C=O) groups is 1. The summed E-state index contributed by atoms with van der Waals surface area (Å²) in [7, 11) is 7.74. The van der Waals surface area contributed by atoms with E-state index in [4.69, 9.17) is 9.97 Å². The quantitative estimate of drug-likeness (QED) is 0.647. The number of aromatic nitrogens is 2. The van der Waals surface area contributed by atoms with E-state index in [1.165, 1.54) is 12.1 Å². The number of hydrogen-bond acceptors (Lipinski definition) is 5. The molecule has 1 aliphatic heterocycles. The van der Waals surface area contributed by atoms with Crippen molar-refractivity contribution in [3.8, 4) is 11.4 Å². The van der Waals surface area contributed by atoms with Crippen LogP contribution in [0.5, 0.6) is 0 Å². The summed E-state index contributed by atoms with van der Waals surface area (Å²) in [4.78, 5) is 28.4. The van der Waals surface area contributed by atoms with Crippen molar-refractivity contribution in [1.29, 1.82) is 0 Å². The van der Waals surface area contributed by atoms with E-state index < -0.39 is 0 Å². The fraction of sp³-hybridized carbons (Fsp3) is 0.292. The van der Waals surface area contributed by atoms with E-state index in [9.17, 15) is 9.18 Å². The van der Waals surface area contributed by atoms with Gasteiger partial charge in [0.2, 0.25) is 0 Å². The maximum atomic E-state index is 13.7. The highest BCUT2D eigenvalue weighted by Gasteiger charge is 2.27. The predicted octanol–water partition coefficient (Wildman–Crippen LogP) is 3.61. The first-order valence-corrected chi connectivity index (χ1v) is 10.2. The molecule has 0 bridgehead atoms. The Kier molecular flexibility index (Phi) is 5.59. The molecule has 2 heterocycles. The number of fused-ring (bicyclic) bond motifs is 1. The van der Waals surface area contributed by atoms with Gasteiger partial charge in [0.05, 0.1) is 12.2 Å². The van der Waals surface area contributed by atoms with E-state index >= 15 is 0 Å². The lowest BCUT2D eigenvalue weighted by Crippen LogP contribution is -2.37. The molecule has 1 aliphatic rings. The molecule has 160 valence electrons. The van der Waals surface area contributed by atoms with Crippen molar-refractivity contribution in [1.82, 2.24) is 14.9 Å². The molecular weight excluding hydrogens is 393 g/mol. The third-order valence-electron chi connectivity index (χ3n) is 5.44. The summed E-state index contributed by atoms with van der Waals surface area (Å²) in [5.41, 5.74) is 4.14. The molecule has 0 spiro atoms. The molecule has 0 unspecified atom stereocenters. The highest BCUT2D eigenvalue weighted by atomic mass is 19.1. The Morgan fingerprint density at radius 2 is 1.77 bits per heavy atom. The van der Waals surface area contributed by atoms with E-state index in [0.29, 0.717) is 36.5 Å². The van der Waals surface area contributed by atoms with E-state index in [1.54, 1.807) is 12.1 Å². The molecule has 6 nitrogen and oxygen atoms in total. The minimum atomic E-state index is -0.318. The van der Waals surface area contributed by atoms with Gasteiger partial charge >= 0.3 is 0 Å². The maximum Gasteiger partial charge on any atom is 0.254 e. The molecule has 1 aromatic heterocycles. The van der Waals surface area contributed by atoms with Gasteiger partial charge in [-0.3, -0.25) is 4.79 Å². The third kappa shape index (κ3) is 4.21. The largest absolute Gasteiger partial charge is 0.378 e.